The van der Waals surface area contributed by atoms with Gasteiger partial charge in [0.05, 0.1) is 12.7 Å². The Labute approximate surface area is 141 Å². The number of alkyl halides is 2. The van der Waals surface area contributed by atoms with Crippen molar-refractivity contribution in [3.05, 3.63) is 77.0 Å². The molecule has 0 fully saturated rings. The van der Waals surface area contributed by atoms with Crippen molar-refractivity contribution in [1.82, 2.24) is 0 Å². The highest BCUT2D eigenvalue weighted by molar-refractivity contribution is 5.66. The molecule has 0 radical (unpaired) electrons. The molecule has 0 unspecified atom stereocenters. The lowest BCUT2D eigenvalue weighted by Gasteiger charge is -2.22. The molecule has 3 rings (SSSR count). The zero-order chi connectivity index (χ0) is 17.0. The third-order valence-corrected chi connectivity index (χ3v) is 4.03. The third kappa shape index (κ3) is 4.02. The van der Waals surface area contributed by atoms with Gasteiger partial charge in [-0.15, -0.1) is 0 Å². The van der Waals surface area contributed by atoms with Gasteiger partial charge >= 0.3 is 6.11 Å². The van der Waals surface area contributed by atoms with Crippen molar-refractivity contribution in [2.75, 3.05) is 0 Å². The highest BCUT2D eigenvalue weighted by Gasteiger charge is 2.33. The van der Waals surface area contributed by atoms with Crippen LogP contribution < -0.4 is 0 Å². The van der Waals surface area contributed by atoms with Gasteiger partial charge in [0, 0.05) is 11.1 Å². The summed E-state index contributed by atoms with van der Waals surface area (Å²) in [5.74, 6) is 6.25. The molecule has 0 bridgehead atoms. The minimum atomic E-state index is -3.04. The number of benzene rings is 2. The summed E-state index contributed by atoms with van der Waals surface area (Å²) in [6.45, 7) is 2.12. The van der Waals surface area contributed by atoms with Gasteiger partial charge in [0.1, 0.15) is 0 Å². The Kier molecular flexibility index (Phi) is 4.66. The third-order valence-electron chi connectivity index (χ3n) is 4.03. The summed E-state index contributed by atoms with van der Waals surface area (Å²) in [5.41, 5.74) is 4.83. The number of hydrogen-bond acceptors (Lipinski definition) is 1. The van der Waals surface area contributed by atoms with E-state index in [0.29, 0.717) is 6.42 Å². The van der Waals surface area contributed by atoms with Crippen LogP contribution in [0.5, 0.6) is 0 Å². The molecule has 1 aliphatic heterocycles. The van der Waals surface area contributed by atoms with E-state index in [9.17, 15) is 8.78 Å². The molecule has 0 saturated heterocycles. The molecular formula is C21H18F2O. The Hall–Kier alpha value is -2.60. The summed E-state index contributed by atoms with van der Waals surface area (Å²) < 4.78 is 30.4. The van der Waals surface area contributed by atoms with Gasteiger partial charge in [-0.05, 0) is 53.8 Å². The number of aryl methyl sites for hydroxylation is 1. The zero-order valence-electron chi connectivity index (χ0n) is 13.5. The Balaban J connectivity index is 1.71. The first kappa shape index (κ1) is 16.3. The summed E-state index contributed by atoms with van der Waals surface area (Å²) in [6.07, 6.45) is -0.835. The molecule has 2 aromatic rings. The van der Waals surface area contributed by atoms with E-state index in [-0.39, 0.29) is 6.42 Å². The largest absolute Gasteiger partial charge is 0.440 e. The van der Waals surface area contributed by atoms with Crippen molar-refractivity contribution < 1.29 is 13.5 Å². The molecule has 1 aliphatic rings. The highest BCUT2D eigenvalue weighted by atomic mass is 19.3. The maximum absolute atomic E-state index is 13.0. The molecule has 1 heterocycles. The molecule has 122 valence electrons. The lowest BCUT2D eigenvalue weighted by molar-refractivity contribution is -0.211. The normalized spacial score (nSPS) is 15.7. The van der Waals surface area contributed by atoms with Crippen LogP contribution in [-0.4, -0.2) is 6.11 Å². The summed E-state index contributed by atoms with van der Waals surface area (Å²) in [4.78, 5) is 0. The topological polar surface area (TPSA) is 9.23 Å². The van der Waals surface area contributed by atoms with Gasteiger partial charge < -0.3 is 4.74 Å². The van der Waals surface area contributed by atoms with Crippen LogP contribution in [0.2, 0.25) is 0 Å². The fourth-order valence-corrected chi connectivity index (χ4v) is 2.50. The molecule has 3 heteroatoms. The number of ether oxygens (including phenoxy) is 1. The fourth-order valence-electron chi connectivity index (χ4n) is 2.50. The molecule has 0 spiro atoms. The summed E-state index contributed by atoms with van der Waals surface area (Å²) in [5, 5.41) is 0. The fraction of sp³-hybridized carbons (Fsp3) is 0.238. The van der Waals surface area contributed by atoms with E-state index in [1.54, 1.807) is 0 Å². The Morgan fingerprint density at radius 2 is 1.54 bits per heavy atom. The van der Waals surface area contributed by atoms with Gasteiger partial charge in [-0.2, -0.15) is 8.78 Å². The lowest BCUT2D eigenvalue weighted by Crippen LogP contribution is -2.21. The second-order valence-corrected chi connectivity index (χ2v) is 5.78. The first-order valence-corrected chi connectivity index (χ1v) is 8.02. The predicted octanol–water partition coefficient (Wildman–Crippen LogP) is 5.39. The van der Waals surface area contributed by atoms with Crippen LogP contribution in [0.4, 0.5) is 8.78 Å². The van der Waals surface area contributed by atoms with Gasteiger partial charge in [-0.25, -0.2) is 0 Å². The maximum atomic E-state index is 13.0. The van der Waals surface area contributed by atoms with Crippen molar-refractivity contribution in [3.8, 4) is 11.8 Å². The van der Waals surface area contributed by atoms with Gasteiger partial charge in [0.2, 0.25) is 0 Å². The standard InChI is InChI=1S/C21H18F2O/c1-2-16-3-5-17(6-4-16)7-8-18-9-11-19(12-10-18)20-13-14-21(22,23)24-15-20/h3-6,9-12,15H,2,13-14H2,1H3. The Morgan fingerprint density at radius 1 is 0.958 bits per heavy atom. The molecule has 0 N–H and O–H groups in total. The quantitative estimate of drug-likeness (QED) is 0.673. The smallest absolute Gasteiger partial charge is 0.397 e. The van der Waals surface area contributed by atoms with Gasteiger partial charge in [-0.1, -0.05) is 43.0 Å². The van der Waals surface area contributed by atoms with E-state index < -0.39 is 6.11 Å². The number of rotatable bonds is 2. The molecule has 0 aromatic heterocycles. The summed E-state index contributed by atoms with van der Waals surface area (Å²) >= 11 is 0. The number of hydrogen-bond donors (Lipinski definition) is 0. The maximum Gasteiger partial charge on any atom is 0.397 e. The van der Waals surface area contributed by atoms with Gasteiger partial charge in [0.25, 0.3) is 0 Å². The second kappa shape index (κ2) is 6.88. The molecular weight excluding hydrogens is 306 g/mol. The number of allylic oxidation sites excluding steroid dienone is 1. The van der Waals surface area contributed by atoms with Gasteiger partial charge in [-0.3, -0.25) is 0 Å². The molecule has 2 aromatic carbocycles. The van der Waals surface area contributed by atoms with Crippen LogP contribution in [0.3, 0.4) is 0 Å². The van der Waals surface area contributed by atoms with Gasteiger partial charge in [0.15, 0.2) is 0 Å². The molecule has 0 amide bonds. The van der Waals surface area contributed by atoms with E-state index in [1.807, 2.05) is 36.4 Å². The van der Waals surface area contributed by atoms with E-state index in [2.05, 4.69) is 35.6 Å². The van der Waals surface area contributed by atoms with E-state index in [4.69, 9.17) is 0 Å². The Bertz CT molecular complexity index is 790. The van der Waals surface area contributed by atoms with Crippen LogP contribution in [0.1, 0.15) is 42.0 Å². The molecule has 0 atom stereocenters. The molecule has 0 saturated carbocycles. The molecule has 1 nitrogen and oxygen atoms in total. The van der Waals surface area contributed by atoms with Crippen molar-refractivity contribution in [2.45, 2.75) is 32.3 Å². The van der Waals surface area contributed by atoms with E-state index in [1.165, 1.54) is 11.8 Å². The van der Waals surface area contributed by atoms with Crippen LogP contribution in [-0.2, 0) is 11.2 Å². The summed E-state index contributed by atoms with van der Waals surface area (Å²) in [7, 11) is 0. The van der Waals surface area contributed by atoms with E-state index in [0.717, 1.165) is 28.7 Å². The highest BCUT2D eigenvalue weighted by Crippen LogP contribution is 2.34. The van der Waals surface area contributed by atoms with Crippen molar-refractivity contribution >= 4 is 5.57 Å². The average molecular weight is 324 g/mol. The minimum absolute atomic E-state index is 0.284. The van der Waals surface area contributed by atoms with Crippen LogP contribution >= 0.6 is 0 Å². The lowest BCUT2D eigenvalue weighted by atomic mass is 9.99. The predicted molar refractivity (Wildman–Crippen MR) is 91.5 cm³/mol. The van der Waals surface area contributed by atoms with Crippen molar-refractivity contribution in [1.29, 1.82) is 0 Å². The second-order valence-electron chi connectivity index (χ2n) is 5.78. The number of halogens is 2. The Morgan fingerprint density at radius 3 is 2.04 bits per heavy atom. The molecule has 0 aliphatic carbocycles. The van der Waals surface area contributed by atoms with Crippen LogP contribution in [0, 0.1) is 11.8 Å². The first-order chi connectivity index (χ1) is 11.6. The monoisotopic (exact) mass is 324 g/mol. The zero-order valence-corrected chi connectivity index (χ0v) is 13.5. The van der Waals surface area contributed by atoms with Crippen molar-refractivity contribution in [2.24, 2.45) is 0 Å². The van der Waals surface area contributed by atoms with Crippen LogP contribution in [0.15, 0.2) is 54.8 Å². The first-order valence-electron chi connectivity index (χ1n) is 8.02. The average Bonchev–Trinajstić information content (AvgIpc) is 2.61. The summed E-state index contributed by atoms with van der Waals surface area (Å²) in [6, 6.07) is 15.8. The SMILES string of the molecule is CCc1ccc(C#Cc2ccc(C3=COC(F)(F)CC3)cc2)cc1. The molecule has 24 heavy (non-hydrogen) atoms. The minimum Gasteiger partial charge on any atom is -0.440 e. The van der Waals surface area contributed by atoms with Crippen molar-refractivity contribution in [3.63, 3.8) is 0 Å². The van der Waals surface area contributed by atoms with Crippen LogP contribution in [0.25, 0.3) is 5.57 Å². The van der Waals surface area contributed by atoms with E-state index >= 15 is 0 Å².